The number of benzene rings is 2. The smallest absolute Gasteiger partial charge is 0.266 e. The zero-order valence-electron chi connectivity index (χ0n) is 20.0. The number of pyridine rings is 1. The molecule has 0 bridgehead atoms. The van der Waals surface area contributed by atoms with Crippen LogP contribution in [0.5, 0.6) is 11.5 Å². The van der Waals surface area contributed by atoms with Crippen LogP contribution in [0.2, 0.25) is 0 Å². The maximum absolute atomic E-state index is 14.7. The Bertz CT molecular complexity index is 1240. The van der Waals surface area contributed by atoms with E-state index in [-0.39, 0.29) is 30.8 Å². The summed E-state index contributed by atoms with van der Waals surface area (Å²) >= 11 is 0. The molecule has 192 valence electrons. The van der Waals surface area contributed by atoms with E-state index in [2.05, 4.69) is 10.3 Å². The van der Waals surface area contributed by atoms with Crippen LogP contribution in [0.1, 0.15) is 43.9 Å². The molecular weight excluding hydrogens is 475 g/mol. The molecule has 10 heteroatoms. The van der Waals surface area contributed by atoms with Gasteiger partial charge in [0.15, 0.2) is 11.5 Å². The minimum Gasteiger partial charge on any atom is -0.487 e. The van der Waals surface area contributed by atoms with Crippen molar-refractivity contribution >= 4 is 22.5 Å². The molecule has 1 aliphatic heterocycles. The topological polar surface area (TPSA) is 83.9 Å². The highest BCUT2D eigenvalue weighted by molar-refractivity contribution is 5.93. The number of carbonyl (C=O) groups excluding carboxylic acids is 1. The quantitative estimate of drug-likeness (QED) is 0.434. The SMILES string of the molecule is CC(=O)N1CC[C@H](Oc2cc3c(N[C@H](C)c4cccc(C(F)F)c4F)ccnc3cc2OCCO)C1. The number of halogens is 3. The summed E-state index contributed by atoms with van der Waals surface area (Å²) in [6, 6.07) is 8.47. The highest BCUT2D eigenvalue weighted by Crippen LogP contribution is 2.37. The number of carbonyl (C=O) groups is 1. The minimum absolute atomic E-state index is 0.0239. The van der Waals surface area contributed by atoms with Crippen molar-refractivity contribution in [2.24, 2.45) is 0 Å². The molecule has 0 unspecified atom stereocenters. The standard InChI is InChI=1S/C26H28F3N3O4/c1-15(18-4-3-5-19(25(18)27)26(28)29)31-21-6-8-30-22-13-23(35-11-10-33)24(12-20(21)22)36-17-7-9-32(14-17)16(2)34/h3-6,8,12-13,15,17,26,33H,7,9-11,14H2,1-2H3,(H,30,31)/t15-,17+/m1/s1. The largest absolute Gasteiger partial charge is 0.487 e. The number of hydrogen-bond acceptors (Lipinski definition) is 6. The Morgan fingerprint density at radius 3 is 2.72 bits per heavy atom. The van der Waals surface area contributed by atoms with Gasteiger partial charge in [-0.2, -0.15) is 0 Å². The van der Waals surface area contributed by atoms with Crippen molar-refractivity contribution in [2.45, 2.75) is 38.8 Å². The lowest BCUT2D eigenvalue weighted by atomic mass is 10.0. The van der Waals surface area contributed by atoms with Crippen molar-refractivity contribution < 1.29 is 32.5 Å². The Balaban J connectivity index is 1.66. The van der Waals surface area contributed by atoms with Crippen molar-refractivity contribution in [1.82, 2.24) is 9.88 Å². The number of amides is 1. The predicted octanol–water partition coefficient (Wildman–Crippen LogP) is 4.86. The number of nitrogens with zero attached hydrogens (tertiary/aromatic N) is 2. The minimum atomic E-state index is -2.91. The van der Waals surface area contributed by atoms with Gasteiger partial charge in [-0.15, -0.1) is 0 Å². The van der Waals surface area contributed by atoms with Crippen molar-refractivity contribution in [1.29, 1.82) is 0 Å². The number of alkyl halides is 2. The van der Waals surface area contributed by atoms with Gasteiger partial charge in [0.2, 0.25) is 5.91 Å². The first-order chi connectivity index (χ1) is 17.3. The van der Waals surface area contributed by atoms with Gasteiger partial charge >= 0.3 is 0 Å². The maximum atomic E-state index is 14.7. The molecule has 1 aromatic heterocycles. The van der Waals surface area contributed by atoms with Crippen LogP contribution in [-0.2, 0) is 4.79 Å². The molecule has 4 rings (SSSR count). The second-order valence-electron chi connectivity index (χ2n) is 8.66. The third-order valence-electron chi connectivity index (χ3n) is 6.17. The third-order valence-corrected chi connectivity index (χ3v) is 6.17. The summed E-state index contributed by atoms with van der Waals surface area (Å²) in [7, 11) is 0. The second kappa shape index (κ2) is 11.0. The Kier molecular flexibility index (Phi) is 7.83. The van der Waals surface area contributed by atoms with E-state index >= 15 is 0 Å². The summed E-state index contributed by atoms with van der Waals surface area (Å²) < 4.78 is 53.0. The number of rotatable bonds is 9. The van der Waals surface area contributed by atoms with Gasteiger partial charge in [0, 0.05) is 48.8 Å². The van der Waals surface area contributed by atoms with E-state index in [0.717, 1.165) is 6.07 Å². The Morgan fingerprint density at radius 1 is 1.25 bits per heavy atom. The lowest BCUT2D eigenvalue weighted by Gasteiger charge is -2.21. The summed E-state index contributed by atoms with van der Waals surface area (Å²) in [5, 5.41) is 13.1. The Hall–Kier alpha value is -3.53. The fraction of sp³-hybridized carbons (Fsp3) is 0.385. The molecule has 2 heterocycles. The summed E-state index contributed by atoms with van der Waals surface area (Å²) in [6.07, 6.45) is -0.917. The van der Waals surface area contributed by atoms with Gasteiger partial charge in [0.25, 0.3) is 6.43 Å². The van der Waals surface area contributed by atoms with Gasteiger partial charge in [-0.05, 0) is 19.1 Å². The molecule has 0 aliphatic carbocycles. The first-order valence-electron chi connectivity index (χ1n) is 11.7. The molecule has 2 atom stereocenters. The van der Waals surface area contributed by atoms with Crippen molar-refractivity contribution in [2.75, 3.05) is 31.6 Å². The summed E-state index contributed by atoms with van der Waals surface area (Å²) in [4.78, 5) is 17.8. The molecule has 1 aliphatic rings. The molecular formula is C26H28F3N3O4. The summed E-state index contributed by atoms with van der Waals surface area (Å²) in [6.45, 7) is 4.11. The predicted molar refractivity (Wildman–Crippen MR) is 129 cm³/mol. The van der Waals surface area contributed by atoms with Gasteiger partial charge in [-0.3, -0.25) is 9.78 Å². The number of hydrogen-bond donors (Lipinski definition) is 2. The van der Waals surface area contributed by atoms with Crippen LogP contribution in [0.15, 0.2) is 42.6 Å². The monoisotopic (exact) mass is 503 g/mol. The van der Waals surface area contributed by atoms with E-state index < -0.39 is 23.8 Å². The Morgan fingerprint density at radius 2 is 2.03 bits per heavy atom. The average Bonchev–Trinajstić information content (AvgIpc) is 3.32. The number of anilines is 1. The van der Waals surface area contributed by atoms with Crippen LogP contribution < -0.4 is 14.8 Å². The van der Waals surface area contributed by atoms with E-state index in [4.69, 9.17) is 9.47 Å². The van der Waals surface area contributed by atoms with Gasteiger partial charge in [-0.1, -0.05) is 18.2 Å². The van der Waals surface area contributed by atoms with Crippen LogP contribution in [0.4, 0.5) is 18.9 Å². The number of nitrogens with one attached hydrogen (secondary N) is 1. The average molecular weight is 504 g/mol. The van der Waals surface area contributed by atoms with Crippen LogP contribution in [0.3, 0.4) is 0 Å². The molecule has 1 fully saturated rings. The van der Waals surface area contributed by atoms with Crippen LogP contribution >= 0.6 is 0 Å². The molecule has 0 saturated carbocycles. The molecule has 1 saturated heterocycles. The lowest BCUT2D eigenvalue weighted by Crippen LogP contribution is -2.28. The van der Waals surface area contributed by atoms with E-state index in [9.17, 15) is 23.1 Å². The van der Waals surface area contributed by atoms with Crippen LogP contribution in [0.25, 0.3) is 10.9 Å². The molecule has 3 aromatic rings. The fourth-order valence-electron chi connectivity index (χ4n) is 4.31. The third kappa shape index (κ3) is 5.48. The highest BCUT2D eigenvalue weighted by atomic mass is 19.3. The Labute approximate surface area is 206 Å². The van der Waals surface area contributed by atoms with E-state index in [0.29, 0.717) is 47.6 Å². The molecule has 2 N–H and O–H groups in total. The maximum Gasteiger partial charge on any atom is 0.266 e. The van der Waals surface area contributed by atoms with Crippen LogP contribution in [-0.4, -0.2) is 53.3 Å². The first-order valence-corrected chi connectivity index (χ1v) is 11.7. The number of ether oxygens (including phenoxy) is 2. The van der Waals surface area contributed by atoms with Crippen molar-refractivity contribution in [3.63, 3.8) is 0 Å². The molecule has 36 heavy (non-hydrogen) atoms. The summed E-state index contributed by atoms with van der Waals surface area (Å²) in [5.74, 6) is -0.151. The molecule has 2 aromatic carbocycles. The highest BCUT2D eigenvalue weighted by Gasteiger charge is 2.27. The number of aliphatic hydroxyl groups excluding tert-OH is 1. The fourth-order valence-corrected chi connectivity index (χ4v) is 4.31. The van der Waals surface area contributed by atoms with Gasteiger partial charge < -0.3 is 24.8 Å². The second-order valence-corrected chi connectivity index (χ2v) is 8.66. The lowest BCUT2D eigenvalue weighted by molar-refractivity contribution is -0.128. The van der Waals surface area contributed by atoms with E-state index in [1.54, 1.807) is 36.2 Å². The normalized spacial score (nSPS) is 16.4. The zero-order valence-corrected chi connectivity index (χ0v) is 20.0. The molecule has 1 amide bonds. The van der Waals surface area contributed by atoms with E-state index in [1.165, 1.54) is 19.1 Å². The number of aliphatic hydroxyl groups is 1. The molecule has 0 spiro atoms. The number of aromatic nitrogens is 1. The molecule has 7 nitrogen and oxygen atoms in total. The number of fused-ring (bicyclic) bond motifs is 1. The van der Waals surface area contributed by atoms with E-state index in [1.807, 2.05) is 0 Å². The van der Waals surface area contributed by atoms with Crippen LogP contribution in [0, 0.1) is 5.82 Å². The zero-order chi connectivity index (χ0) is 25.8. The summed E-state index contributed by atoms with van der Waals surface area (Å²) in [5.41, 5.74) is 0.640. The van der Waals surface area contributed by atoms with Gasteiger partial charge in [-0.25, -0.2) is 13.2 Å². The van der Waals surface area contributed by atoms with Gasteiger partial charge in [0.1, 0.15) is 18.5 Å². The number of likely N-dealkylation sites (tertiary alicyclic amines) is 1. The molecule has 0 radical (unpaired) electrons. The van der Waals surface area contributed by atoms with Crippen molar-refractivity contribution in [3.8, 4) is 11.5 Å². The van der Waals surface area contributed by atoms with Crippen molar-refractivity contribution in [3.05, 3.63) is 59.5 Å². The first kappa shape index (κ1) is 25.6. The van der Waals surface area contributed by atoms with Gasteiger partial charge in [0.05, 0.1) is 30.3 Å².